The van der Waals surface area contributed by atoms with Gasteiger partial charge in [0.25, 0.3) is 0 Å². The molecule has 2 aliphatic heterocycles. The number of hydrogen-bond donors (Lipinski definition) is 1. The summed E-state index contributed by atoms with van der Waals surface area (Å²) in [6, 6.07) is 4.55. The van der Waals surface area contributed by atoms with Gasteiger partial charge in [-0.3, -0.25) is 14.7 Å². The van der Waals surface area contributed by atoms with Crippen molar-refractivity contribution in [3.63, 3.8) is 0 Å². The Balaban J connectivity index is 1.24. The monoisotopic (exact) mass is 301 g/mol. The number of carbonyl (C=O) groups excluding carboxylic acids is 1. The molecular formula is C17H23N3O2. The molecule has 1 aromatic rings. The number of nitrogens with one attached hydrogen (secondary N) is 1. The lowest BCUT2D eigenvalue weighted by molar-refractivity contribution is -0.123. The zero-order valence-corrected chi connectivity index (χ0v) is 12.8. The van der Waals surface area contributed by atoms with E-state index in [9.17, 15) is 4.79 Å². The number of fused-ring (bicyclic) bond motifs is 1. The van der Waals surface area contributed by atoms with Crippen molar-refractivity contribution in [3.8, 4) is 0 Å². The van der Waals surface area contributed by atoms with Crippen LogP contribution in [-0.4, -0.2) is 47.1 Å². The molecule has 118 valence electrons. The van der Waals surface area contributed by atoms with E-state index in [2.05, 4.69) is 21.3 Å². The first kappa shape index (κ1) is 14.2. The van der Waals surface area contributed by atoms with Crippen LogP contribution in [0.5, 0.6) is 0 Å². The van der Waals surface area contributed by atoms with Crippen LogP contribution in [0.2, 0.25) is 0 Å². The molecule has 0 spiro atoms. The van der Waals surface area contributed by atoms with Crippen LogP contribution in [0.3, 0.4) is 0 Å². The fourth-order valence-corrected chi connectivity index (χ4v) is 3.68. The Hall–Kier alpha value is -1.46. The molecule has 0 unspecified atom stereocenters. The van der Waals surface area contributed by atoms with Crippen molar-refractivity contribution >= 4 is 5.91 Å². The molecule has 0 radical (unpaired) electrons. The topological polar surface area (TPSA) is 54.5 Å². The lowest BCUT2D eigenvalue weighted by Crippen LogP contribution is -2.30. The number of likely N-dealkylation sites (tertiary alicyclic amines) is 1. The molecule has 0 bridgehead atoms. The van der Waals surface area contributed by atoms with E-state index in [1.165, 1.54) is 5.56 Å². The molecule has 5 nitrogen and oxygen atoms in total. The second kappa shape index (κ2) is 5.97. The second-order valence-electron chi connectivity index (χ2n) is 6.89. The van der Waals surface area contributed by atoms with Gasteiger partial charge in [0.05, 0.1) is 18.6 Å². The van der Waals surface area contributed by atoms with Gasteiger partial charge in [-0.25, -0.2) is 0 Å². The van der Waals surface area contributed by atoms with Crippen molar-refractivity contribution in [1.82, 2.24) is 15.2 Å². The molecule has 1 saturated carbocycles. The molecular weight excluding hydrogens is 278 g/mol. The molecule has 0 aromatic carbocycles. The highest BCUT2D eigenvalue weighted by molar-refractivity contribution is 5.77. The summed E-state index contributed by atoms with van der Waals surface area (Å²) in [5, 5.41) is 3.05. The molecule has 2 saturated heterocycles. The zero-order chi connectivity index (χ0) is 14.9. The fraction of sp³-hybridized carbons (Fsp3) is 0.647. The van der Waals surface area contributed by atoms with Crippen molar-refractivity contribution in [2.75, 3.05) is 13.1 Å². The number of rotatable bonds is 5. The second-order valence-corrected chi connectivity index (χ2v) is 6.89. The highest BCUT2D eigenvalue weighted by Crippen LogP contribution is 2.35. The lowest BCUT2D eigenvalue weighted by Gasteiger charge is -2.18. The fourth-order valence-electron chi connectivity index (χ4n) is 3.68. The number of amides is 1. The first-order valence-electron chi connectivity index (χ1n) is 8.32. The summed E-state index contributed by atoms with van der Waals surface area (Å²) in [5.41, 5.74) is 1.25. The molecule has 3 heterocycles. The van der Waals surface area contributed by atoms with Crippen LogP contribution >= 0.6 is 0 Å². The van der Waals surface area contributed by atoms with Gasteiger partial charge in [0.15, 0.2) is 0 Å². The third-order valence-corrected chi connectivity index (χ3v) is 4.87. The summed E-state index contributed by atoms with van der Waals surface area (Å²) in [6.45, 7) is 2.98. The van der Waals surface area contributed by atoms with E-state index in [0.29, 0.717) is 24.5 Å². The third kappa shape index (κ3) is 3.31. The minimum absolute atomic E-state index is 0.120. The normalized spacial score (nSPS) is 31.2. The van der Waals surface area contributed by atoms with E-state index in [1.54, 1.807) is 0 Å². The van der Waals surface area contributed by atoms with Crippen LogP contribution in [0.1, 0.15) is 31.2 Å². The van der Waals surface area contributed by atoms with Gasteiger partial charge in [-0.15, -0.1) is 0 Å². The van der Waals surface area contributed by atoms with Gasteiger partial charge in [-0.2, -0.15) is 0 Å². The Morgan fingerprint density at radius 2 is 2.32 bits per heavy atom. The molecule has 1 aromatic heterocycles. The quantitative estimate of drug-likeness (QED) is 0.892. The van der Waals surface area contributed by atoms with Gasteiger partial charge in [-0.05, 0) is 30.9 Å². The van der Waals surface area contributed by atoms with Crippen molar-refractivity contribution in [1.29, 1.82) is 0 Å². The summed E-state index contributed by atoms with van der Waals surface area (Å²) in [7, 11) is 0. The Morgan fingerprint density at radius 1 is 1.41 bits per heavy atom. The van der Waals surface area contributed by atoms with Gasteiger partial charge in [-0.1, -0.05) is 6.07 Å². The lowest BCUT2D eigenvalue weighted by atomic mass is 10.0. The summed E-state index contributed by atoms with van der Waals surface area (Å²) >= 11 is 0. The maximum absolute atomic E-state index is 11.9. The molecule has 22 heavy (non-hydrogen) atoms. The highest BCUT2D eigenvalue weighted by atomic mass is 16.5. The Labute approximate surface area is 131 Å². The summed E-state index contributed by atoms with van der Waals surface area (Å²) < 4.78 is 6.11. The summed E-state index contributed by atoms with van der Waals surface area (Å²) in [5.74, 6) is 0.745. The number of nitrogens with zero attached hydrogens (tertiary/aromatic N) is 2. The van der Waals surface area contributed by atoms with Crippen LogP contribution in [0, 0.1) is 5.92 Å². The van der Waals surface area contributed by atoms with Gasteiger partial charge in [0, 0.05) is 44.0 Å². The van der Waals surface area contributed by atoms with Crippen LogP contribution in [0.4, 0.5) is 0 Å². The number of pyridine rings is 1. The molecule has 5 heteroatoms. The van der Waals surface area contributed by atoms with E-state index in [1.807, 2.05) is 18.5 Å². The van der Waals surface area contributed by atoms with Gasteiger partial charge >= 0.3 is 0 Å². The van der Waals surface area contributed by atoms with Crippen LogP contribution in [-0.2, 0) is 16.1 Å². The first-order valence-corrected chi connectivity index (χ1v) is 8.32. The zero-order valence-electron chi connectivity index (χ0n) is 12.8. The molecule has 3 aliphatic rings. The smallest absolute Gasteiger partial charge is 0.222 e. The van der Waals surface area contributed by atoms with E-state index < -0.39 is 0 Å². The number of carbonyl (C=O) groups is 1. The number of aromatic nitrogens is 1. The highest BCUT2D eigenvalue weighted by Gasteiger charge is 2.42. The van der Waals surface area contributed by atoms with Gasteiger partial charge in [0.1, 0.15) is 0 Å². The maximum Gasteiger partial charge on any atom is 0.222 e. The van der Waals surface area contributed by atoms with Crippen molar-refractivity contribution in [3.05, 3.63) is 30.1 Å². The molecule has 3 fully saturated rings. The Morgan fingerprint density at radius 3 is 3.05 bits per heavy atom. The number of ether oxygens (including phenoxy) is 1. The van der Waals surface area contributed by atoms with E-state index in [-0.39, 0.29) is 12.0 Å². The van der Waals surface area contributed by atoms with Gasteiger partial charge in [0.2, 0.25) is 5.91 Å². The Bertz CT molecular complexity index is 518. The molecule has 1 amide bonds. The minimum Gasteiger partial charge on any atom is -0.373 e. The van der Waals surface area contributed by atoms with Crippen LogP contribution < -0.4 is 5.32 Å². The largest absolute Gasteiger partial charge is 0.373 e. The van der Waals surface area contributed by atoms with Crippen LogP contribution in [0.25, 0.3) is 0 Å². The van der Waals surface area contributed by atoms with Crippen molar-refractivity contribution < 1.29 is 9.53 Å². The average Bonchev–Trinajstić information content (AvgIpc) is 3.11. The van der Waals surface area contributed by atoms with Crippen molar-refractivity contribution in [2.45, 2.75) is 50.5 Å². The predicted octanol–water partition coefficient (Wildman–Crippen LogP) is 1.34. The average molecular weight is 301 g/mol. The molecule has 1 N–H and O–H groups in total. The van der Waals surface area contributed by atoms with E-state index in [0.717, 1.165) is 38.9 Å². The molecule has 1 aliphatic carbocycles. The van der Waals surface area contributed by atoms with E-state index >= 15 is 0 Å². The van der Waals surface area contributed by atoms with Crippen molar-refractivity contribution in [2.24, 2.45) is 5.92 Å². The van der Waals surface area contributed by atoms with E-state index in [4.69, 9.17) is 4.74 Å². The summed E-state index contributed by atoms with van der Waals surface area (Å²) in [6.07, 6.45) is 8.00. The number of hydrogen-bond acceptors (Lipinski definition) is 4. The van der Waals surface area contributed by atoms with Crippen LogP contribution in [0.15, 0.2) is 24.5 Å². The molecule has 3 atom stereocenters. The SMILES string of the molecule is O=C(C[C@@H]1C[C@H]2CN(Cc3cccnc3)C[C@H]2O1)NC1CC1. The minimum atomic E-state index is 0.120. The standard InChI is InChI=1S/C17H23N3O2/c21-17(19-14-3-4-14)7-15-6-13-10-20(11-16(13)22-15)9-12-2-1-5-18-8-12/h1-2,5,8,13-16H,3-4,6-7,9-11H2,(H,19,21)/t13-,15-,16+/m0/s1. The third-order valence-electron chi connectivity index (χ3n) is 4.87. The molecule has 4 rings (SSSR count). The van der Waals surface area contributed by atoms with Gasteiger partial charge < -0.3 is 10.1 Å². The first-order chi connectivity index (χ1) is 10.8. The summed E-state index contributed by atoms with van der Waals surface area (Å²) in [4.78, 5) is 18.5. The Kier molecular flexibility index (Phi) is 3.84. The predicted molar refractivity (Wildman–Crippen MR) is 82.1 cm³/mol. The maximum atomic E-state index is 11.9.